The first-order valence-electron chi connectivity index (χ1n) is 5.48. The van der Waals surface area contributed by atoms with E-state index in [2.05, 4.69) is 5.38 Å². The Bertz CT molecular complexity index is 366. The van der Waals surface area contributed by atoms with E-state index in [0.717, 1.165) is 17.7 Å². The van der Waals surface area contributed by atoms with Crippen molar-refractivity contribution in [2.75, 3.05) is 0 Å². The van der Waals surface area contributed by atoms with Crippen LogP contribution in [0, 0.1) is 0 Å². The second-order valence-corrected chi connectivity index (χ2v) is 5.11. The normalized spacial score (nSPS) is 15.1. The molecule has 1 aromatic rings. The third-order valence-electron chi connectivity index (χ3n) is 2.63. The van der Waals surface area contributed by atoms with Gasteiger partial charge in [-0.1, -0.05) is 0 Å². The molecule has 0 aromatic carbocycles. The molecule has 0 unspecified atom stereocenters. The Kier molecular flexibility index (Phi) is 3.10. The molecule has 1 aliphatic rings. The molecule has 0 saturated heterocycles. The zero-order valence-corrected chi connectivity index (χ0v) is 10.0. The molecule has 0 aliphatic heterocycles. The van der Waals surface area contributed by atoms with E-state index in [0.29, 0.717) is 0 Å². The van der Waals surface area contributed by atoms with Crippen LogP contribution in [0.15, 0.2) is 5.38 Å². The van der Waals surface area contributed by atoms with Gasteiger partial charge in [-0.2, -0.15) is 0 Å². The molecule has 82 valence electrons. The third kappa shape index (κ3) is 2.23. The van der Waals surface area contributed by atoms with Crippen molar-refractivity contribution in [3.8, 4) is 0 Å². The van der Waals surface area contributed by atoms with Gasteiger partial charge in [0, 0.05) is 0 Å². The molecule has 2 nitrogen and oxygen atoms in total. The van der Waals surface area contributed by atoms with Crippen molar-refractivity contribution in [3.05, 3.63) is 21.4 Å². The molecule has 0 N–H and O–H groups in total. The summed E-state index contributed by atoms with van der Waals surface area (Å²) >= 11 is 1.54. The maximum Gasteiger partial charge on any atom is 0.348 e. The molecular formula is C12H16O2S. The lowest BCUT2D eigenvalue weighted by Crippen LogP contribution is -2.13. The quantitative estimate of drug-likeness (QED) is 0.721. The Morgan fingerprint density at radius 2 is 2.13 bits per heavy atom. The predicted octanol–water partition coefficient (Wildman–Crippen LogP) is 3.19. The minimum atomic E-state index is -0.141. The molecule has 1 heterocycles. The van der Waals surface area contributed by atoms with E-state index in [-0.39, 0.29) is 12.1 Å². The first kappa shape index (κ1) is 10.7. The Labute approximate surface area is 94.3 Å². The van der Waals surface area contributed by atoms with E-state index in [1.807, 2.05) is 13.8 Å². The second-order valence-electron chi connectivity index (χ2n) is 4.23. The number of fused-ring (bicyclic) bond motifs is 1. The highest BCUT2D eigenvalue weighted by Gasteiger charge is 2.21. The Morgan fingerprint density at radius 3 is 2.87 bits per heavy atom. The van der Waals surface area contributed by atoms with E-state index < -0.39 is 0 Å². The number of hydrogen-bond acceptors (Lipinski definition) is 3. The maximum absolute atomic E-state index is 11.8. The summed E-state index contributed by atoms with van der Waals surface area (Å²) in [4.78, 5) is 12.6. The van der Waals surface area contributed by atoms with Gasteiger partial charge in [0.15, 0.2) is 0 Å². The fraction of sp³-hybridized carbons (Fsp3) is 0.583. The van der Waals surface area contributed by atoms with Gasteiger partial charge in [0.1, 0.15) is 4.88 Å². The molecule has 2 rings (SSSR count). The van der Waals surface area contributed by atoms with Crippen LogP contribution in [0.2, 0.25) is 0 Å². The summed E-state index contributed by atoms with van der Waals surface area (Å²) in [6.45, 7) is 3.77. The molecule has 0 saturated carbocycles. The lowest BCUT2D eigenvalue weighted by molar-refractivity contribution is 0.0382. The van der Waals surface area contributed by atoms with Gasteiger partial charge < -0.3 is 4.74 Å². The van der Waals surface area contributed by atoms with E-state index in [4.69, 9.17) is 4.74 Å². The van der Waals surface area contributed by atoms with Gasteiger partial charge in [-0.05, 0) is 56.0 Å². The molecule has 0 radical (unpaired) electrons. The molecule has 0 atom stereocenters. The van der Waals surface area contributed by atoms with E-state index in [1.54, 1.807) is 11.3 Å². The largest absolute Gasteiger partial charge is 0.459 e. The van der Waals surface area contributed by atoms with Crippen molar-refractivity contribution in [1.82, 2.24) is 0 Å². The van der Waals surface area contributed by atoms with E-state index in [9.17, 15) is 4.79 Å². The number of aryl methyl sites for hydroxylation is 1. The first-order chi connectivity index (χ1) is 7.18. The molecule has 1 aromatic heterocycles. The van der Waals surface area contributed by atoms with Gasteiger partial charge in [-0.3, -0.25) is 0 Å². The number of thiophene rings is 1. The molecule has 0 fully saturated rings. The van der Waals surface area contributed by atoms with Crippen molar-refractivity contribution in [1.29, 1.82) is 0 Å². The van der Waals surface area contributed by atoms with Crippen LogP contribution in [0.3, 0.4) is 0 Å². The third-order valence-corrected chi connectivity index (χ3v) is 3.68. The number of ether oxygens (including phenoxy) is 1. The number of esters is 1. The van der Waals surface area contributed by atoms with Crippen LogP contribution in [0.4, 0.5) is 0 Å². The minimum absolute atomic E-state index is 0.0289. The van der Waals surface area contributed by atoms with Crippen LogP contribution >= 0.6 is 11.3 Å². The monoisotopic (exact) mass is 224 g/mol. The number of rotatable bonds is 2. The lowest BCUT2D eigenvalue weighted by atomic mass is 9.94. The fourth-order valence-electron chi connectivity index (χ4n) is 1.96. The van der Waals surface area contributed by atoms with Crippen LogP contribution in [0.1, 0.15) is 47.5 Å². The zero-order chi connectivity index (χ0) is 10.8. The minimum Gasteiger partial charge on any atom is -0.459 e. The van der Waals surface area contributed by atoms with Crippen molar-refractivity contribution >= 4 is 17.3 Å². The van der Waals surface area contributed by atoms with Gasteiger partial charge in [0.2, 0.25) is 0 Å². The topological polar surface area (TPSA) is 26.3 Å². The Hall–Kier alpha value is -0.830. The highest BCUT2D eigenvalue weighted by Crippen LogP contribution is 2.30. The maximum atomic E-state index is 11.8. The van der Waals surface area contributed by atoms with Gasteiger partial charge in [-0.25, -0.2) is 4.79 Å². The molecule has 0 amide bonds. The Balaban J connectivity index is 2.21. The average molecular weight is 224 g/mol. The van der Waals surface area contributed by atoms with Crippen molar-refractivity contribution < 1.29 is 9.53 Å². The average Bonchev–Trinajstić information content (AvgIpc) is 2.59. The molecule has 0 bridgehead atoms. The van der Waals surface area contributed by atoms with Crippen molar-refractivity contribution in [3.63, 3.8) is 0 Å². The SMILES string of the molecule is CC(C)OC(=O)c1scc2c1CCCC2. The summed E-state index contributed by atoms with van der Waals surface area (Å²) in [5, 5.41) is 2.12. The van der Waals surface area contributed by atoms with Crippen LogP contribution in [-0.4, -0.2) is 12.1 Å². The van der Waals surface area contributed by atoms with Crippen LogP contribution in [0.25, 0.3) is 0 Å². The van der Waals surface area contributed by atoms with E-state index >= 15 is 0 Å². The van der Waals surface area contributed by atoms with Crippen molar-refractivity contribution in [2.45, 2.75) is 45.6 Å². The standard InChI is InChI=1S/C12H16O2S/c1-8(2)14-12(13)11-10-6-4-3-5-9(10)7-15-11/h7-8H,3-6H2,1-2H3. The molecule has 0 spiro atoms. The Morgan fingerprint density at radius 1 is 1.40 bits per heavy atom. The molecule has 1 aliphatic carbocycles. The van der Waals surface area contributed by atoms with E-state index in [1.165, 1.54) is 24.0 Å². The molecular weight excluding hydrogens is 208 g/mol. The lowest BCUT2D eigenvalue weighted by Gasteiger charge is -2.13. The van der Waals surface area contributed by atoms with Gasteiger partial charge >= 0.3 is 5.97 Å². The van der Waals surface area contributed by atoms with Crippen molar-refractivity contribution in [2.24, 2.45) is 0 Å². The van der Waals surface area contributed by atoms with Crippen LogP contribution in [0.5, 0.6) is 0 Å². The molecule has 15 heavy (non-hydrogen) atoms. The van der Waals surface area contributed by atoms with Crippen LogP contribution < -0.4 is 0 Å². The first-order valence-corrected chi connectivity index (χ1v) is 6.36. The smallest absolute Gasteiger partial charge is 0.348 e. The number of carbonyl (C=O) groups is 1. The highest BCUT2D eigenvalue weighted by molar-refractivity contribution is 7.12. The number of hydrogen-bond donors (Lipinski definition) is 0. The summed E-state index contributed by atoms with van der Waals surface area (Å²) in [6, 6.07) is 0. The van der Waals surface area contributed by atoms with Gasteiger partial charge in [0.05, 0.1) is 6.10 Å². The molecule has 3 heteroatoms. The van der Waals surface area contributed by atoms with Gasteiger partial charge in [-0.15, -0.1) is 11.3 Å². The summed E-state index contributed by atoms with van der Waals surface area (Å²) in [5.41, 5.74) is 2.61. The zero-order valence-electron chi connectivity index (χ0n) is 9.21. The fourth-order valence-corrected chi connectivity index (χ4v) is 3.00. The summed E-state index contributed by atoms with van der Waals surface area (Å²) < 4.78 is 5.23. The summed E-state index contributed by atoms with van der Waals surface area (Å²) in [7, 11) is 0. The highest BCUT2D eigenvalue weighted by atomic mass is 32.1. The van der Waals surface area contributed by atoms with Crippen LogP contribution in [-0.2, 0) is 17.6 Å². The predicted molar refractivity (Wildman–Crippen MR) is 61.5 cm³/mol. The second kappa shape index (κ2) is 4.35. The summed E-state index contributed by atoms with van der Waals surface area (Å²) in [6.07, 6.45) is 4.59. The summed E-state index contributed by atoms with van der Waals surface area (Å²) in [5.74, 6) is -0.141. The van der Waals surface area contributed by atoms with Gasteiger partial charge in [0.25, 0.3) is 0 Å². The number of carbonyl (C=O) groups excluding carboxylic acids is 1.